The Balaban J connectivity index is 1.11. The van der Waals surface area contributed by atoms with E-state index in [1.807, 2.05) is 66.5 Å². The van der Waals surface area contributed by atoms with Crippen molar-refractivity contribution in [3.05, 3.63) is 127 Å². The van der Waals surface area contributed by atoms with Crippen molar-refractivity contribution < 1.29 is 28.4 Å². The summed E-state index contributed by atoms with van der Waals surface area (Å²) in [6.45, 7) is 12.0. The summed E-state index contributed by atoms with van der Waals surface area (Å²) >= 11 is 0. The molecule has 17 nitrogen and oxygen atoms in total. The Labute approximate surface area is 415 Å². The van der Waals surface area contributed by atoms with E-state index in [1.165, 1.54) is 4.57 Å². The van der Waals surface area contributed by atoms with Crippen LogP contribution >= 0.6 is 0 Å². The summed E-state index contributed by atoms with van der Waals surface area (Å²) in [4.78, 5) is 39.6. The van der Waals surface area contributed by atoms with Crippen LogP contribution in [0.3, 0.4) is 0 Å². The molecule has 9 aromatic rings. The maximum atomic E-state index is 13.2. The molecule has 0 amide bonds. The molecule has 0 aliphatic carbocycles. The number of aryl methyl sites for hydroxylation is 5. The van der Waals surface area contributed by atoms with Gasteiger partial charge in [-0.1, -0.05) is 41.5 Å². The van der Waals surface area contributed by atoms with Gasteiger partial charge >= 0.3 is 0 Å². The maximum absolute atomic E-state index is 13.2. The third-order valence-electron chi connectivity index (χ3n) is 13.3. The number of benzene rings is 3. The molecule has 0 radical (unpaired) electrons. The molecular formula is C55H60N8O9. The molecule has 17 heteroatoms. The summed E-state index contributed by atoms with van der Waals surface area (Å²) in [5.41, 5.74) is 8.03. The molecule has 374 valence electrons. The molecule has 0 fully saturated rings. The van der Waals surface area contributed by atoms with Gasteiger partial charge in [0.15, 0.2) is 0 Å². The summed E-state index contributed by atoms with van der Waals surface area (Å²) < 4.78 is 46.7. The second-order valence-electron chi connectivity index (χ2n) is 19.1. The van der Waals surface area contributed by atoms with Crippen LogP contribution in [0.4, 0.5) is 0 Å². The van der Waals surface area contributed by atoms with Gasteiger partial charge in [-0.15, -0.1) is 0 Å². The summed E-state index contributed by atoms with van der Waals surface area (Å²) in [5, 5.41) is 13.6. The van der Waals surface area contributed by atoms with E-state index in [0.717, 1.165) is 49.9 Å². The quantitative estimate of drug-likeness (QED) is 0.0915. The van der Waals surface area contributed by atoms with Crippen molar-refractivity contribution in [2.24, 2.45) is 35.2 Å². The van der Waals surface area contributed by atoms with Crippen molar-refractivity contribution in [1.82, 2.24) is 38.2 Å². The van der Waals surface area contributed by atoms with Gasteiger partial charge in [-0.05, 0) is 76.9 Å². The van der Waals surface area contributed by atoms with Crippen LogP contribution in [0.15, 0.2) is 94.0 Å². The highest BCUT2D eigenvalue weighted by Gasteiger charge is 2.25. The van der Waals surface area contributed by atoms with Gasteiger partial charge in [-0.3, -0.25) is 24.2 Å². The zero-order valence-electron chi connectivity index (χ0n) is 43.0. The Bertz CT molecular complexity index is 3560. The average molecular weight is 977 g/mol. The number of pyridine rings is 3. The van der Waals surface area contributed by atoms with Crippen LogP contribution in [0.2, 0.25) is 0 Å². The van der Waals surface area contributed by atoms with Crippen LogP contribution in [0.5, 0.6) is 34.5 Å². The van der Waals surface area contributed by atoms with Crippen molar-refractivity contribution in [2.75, 3.05) is 27.8 Å². The third kappa shape index (κ3) is 8.51. The maximum Gasteiger partial charge on any atom is 0.276 e. The number of hydrogen-bond donors (Lipinski definition) is 1. The molecule has 0 aliphatic rings. The number of hydrogen-bond acceptors (Lipinski definition) is 11. The molecule has 0 saturated heterocycles. The zero-order chi connectivity index (χ0) is 51.4. The fourth-order valence-corrected chi connectivity index (χ4v) is 9.83. The van der Waals surface area contributed by atoms with E-state index in [1.54, 1.807) is 81.0 Å². The number of nitrogens with zero attached hydrogens (tertiary/aromatic N) is 7. The van der Waals surface area contributed by atoms with Gasteiger partial charge < -0.3 is 46.7 Å². The van der Waals surface area contributed by atoms with E-state index in [4.69, 9.17) is 28.4 Å². The van der Waals surface area contributed by atoms with Crippen molar-refractivity contribution in [1.29, 1.82) is 0 Å². The number of nitrogens with one attached hydrogen (secondary N) is 1. The van der Waals surface area contributed by atoms with Crippen LogP contribution in [0, 0.1) is 0 Å². The van der Waals surface area contributed by atoms with Crippen molar-refractivity contribution in [3.8, 4) is 67.9 Å². The van der Waals surface area contributed by atoms with Crippen LogP contribution in [0.1, 0.15) is 76.0 Å². The van der Waals surface area contributed by atoms with Crippen molar-refractivity contribution in [3.63, 3.8) is 0 Å². The molecule has 0 atom stereocenters. The Hall–Kier alpha value is -8.21. The Kier molecular flexibility index (Phi) is 13.0. The van der Waals surface area contributed by atoms with Gasteiger partial charge in [0.1, 0.15) is 51.0 Å². The van der Waals surface area contributed by atoms with Crippen molar-refractivity contribution >= 4 is 32.7 Å². The number of rotatable bonds is 16. The number of H-pyrrole nitrogens is 1. The van der Waals surface area contributed by atoms with E-state index in [9.17, 15) is 14.4 Å². The first-order valence-electron chi connectivity index (χ1n) is 23.7. The first-order chi connectivity index (χ1) is 34.4. The zero-order valence-corrected chi connectivity index (χ0v) is 43.0. The fourth-order valence-electron chi connectivity index (χ4n) is 9.83. The van der Waals surface area contributed by atoms with Crippen LogP contribution in [-0.4, -0.2) is 66.1 Å². The van der Waals surface area contributed by atoms with Crippen LogP contribution in [0.25, 0.3) is 66.1 Å². The lowest BCUT2D eigenvalue weighted by molar-refractivity contribution is 0.109. The van der Waals surface area contributed by atoms with Gasteiger partial charge in [-0.2, -0.15) is 10.2 Å². The average Bonchev–Trinajstić information content (AvgIpc) is 4.10. The van der Waals surface area contributed by atoms with E-state index in [-0.39, 0.29) is 48.0 Å². The van der Waals surface area contributed by atoms with E-state index < -0.39 is 0 Å². The third-order valence-corrected chi connectivity index (χ3v) is 13.3. The summed E-state index contributed by atoms with van der Waals surface area (Å²) in [7, 11) is 12.0. The second-order valence-corrected chi connectivity index (χ2v) is 19.1. The summed E-state index contributed by atoms with van der Waals surface area (Å²) in [5.74, 6) is 3.22. The highest BCUT2D eigenvalue weighted by atomic mass is 16.7. The molecule has 1 N–H and O–H groups in total. The molecule has 0 spiro atoms. The molecule has 6 aromatic heterocycles. The largest absolute Gasteiger partial charge is 0.496 e. The van der Waals surface area contributed by atoms with E-state index >= 15 is 0 Å². The standard InChI is InChI=1S/C55H60N8O9/c1-29(2)47-41(67-12)16-32(38-24-61(9)54(65)51-35(38)14-15-59(51)7)18-43(47)69-27-71-45-20-34(39-25-60(8)53(64)50-36(39)22-56-58-50)21-46(49(45)31(5)6)72-28-70-44-19-33(17-42(68-13)48(44)30(3)4)40-26-62(10)55(66)52-37(40)23-57-63(52)11/h14-26,29-31H,27-28H2,1-13H3,(H,56,58). The van der Waals surface area contributed by atoms with Crippen molar-refractivity contribution in [2.45, 2.75) is 59.3 Å². The molecule has 0 saturated carbocycles. The van der Waals surface area contributed by atoms with Gasteiger partial charge in [0, 0.05) is 110 Å². The minimum absolute atomic E-state index is 0.00296. The Morgan fingerprint density at radius 3 is 1.36 bits per heavy atom. The van der Waals surface area contributed by atoms with Gasteiger partial charge in [0.05, 0.1) is 26.6 Å². The number of fused-ring (bicyclic) bond motifs is 3. The number of ether oxygens (including phenoxy) is 6. The number of aromatic amines is 1. The molecule has 9 rings (SSSR count). The molecule has 3 aromatic carbocycles. The topological polar surface area (TPSA) is 173 Å². The van der Waals surface area contributed by atoms with Gasteiger partial charge in [0.25, 0.3) is 16.7 Å². The Morgan fingerprint density at radius 2 is 0.903 bits per heavy atom. The normalized spacial score (nSPS) is 11.8. The lowest BCUT2D eigenvalue weighted by Crippen LogP contribution is -2.18. The number of aromatic nitrogens is 8. The van der Waals surface area contributed by atoms with Gasteiger partial charge in [0.2, 0.25) is 13.6 Å². The fraction of sp³-hybridized carbons (Fsp3) is 0.327. The minimum Gasteiger partial charge on any atom is -0.496 e. The van der Waals surface area contributed by atoms with Gasteiger partial charge in [-0.25, -0.2) is 0 Å². The molecule has 0 aliphatic heterocycles. The summed E-state index contributed by atoms with van der Waals surface area (Å²) in [6, 6.07) is 13.6. The minimum atomic E-state index is -0.218. The molecule has 6 heterocycles. The molecule has 72 heavy (non-hydrogen) atoms. The predicted molar refractivity (Wildman–Crippen MR) is 279 cm³/mol. The summed E-state index contributed by atoms with van der Waals surface area (Å²) in [6.07, 6.45) is 10.6. The molecule has 0 unspecified atom stereocenters. The molecular weight excluding hydrogens is 917 g/mol. The SMILES string of the molecule is COc1cc(-c2cn(C)c(=O)c3c2ccn3C)cc(OCOc2cc(-c3cn(C)c(=O)c4[nH]ncc34)cc(OCOc3cc(-c4cn(C)c(=O)c5c4cnn5C)cc(OC)c3C(C)C)c2C(C)C)c1C(C)C. The van der Waals surface area contributed by atoms with E-state index in [2.05, 4.69) is 56.8 Å². The second kappa shape index (κ2) is 19.2. The van der Waals surface area contributed by atoms with Crippen LogP contribution in [-0.2, 0) is 35.2 Å². The Morgan fingerprint density at radius 1 is 0.500 bits per heavy atom. The lowest BCUT2D eigenvalue weighted by atomic mass is 9.95. The first-order valence-corrected chi connectivity index (χ1v) is 23.7. The first kappa shape index (κ1) is 48.8. The smallest absolute Gasteiger partial charge is 0.276 e. The lowest BCUT2D eigenvalue weighted by Gasteiger charge is -2.23. The highest BCUT2D eigenvalue weighted by Crippen LogP contribution is 2.45. The van der Waals surface area contributed by atoms with Crippen LogP contribution < -0.4 is 45.1 Å². The highest BCUT2D eigenvalue weighted by molar-refractivity contribution is 5.97. The monoisotopic (exact) mass is 976 g/mol. The van der Waals surface area contributed by atoms with E-state index in [0.29, 0.717) is 67.4 Å². The molecule has 0 bridgehead atoms. The predicted octanol–water partition coefficient (Wildman–Crippen LogP) is 9.26. The number of methoxy groups -OCH3 is 2.